The predicted octanol–water partition coefficient (Wildman–Crippen LogP) is 2.15. The number of aliphatic hydroxyl groups excluding tert-OH is 1. The van der Waals surface area contributed by atoms with Crippen LogP contribution in [0.15, 0.2) is 29.2 Å². The number of rotatable bonds is 7. The smallest absolute Gasteiger partial charge is 0.396 e. The van der Waals surface area contributed by atoms with Crippen molar-refractivity contribution in [3.63, 3.8) is 0 Å². The third kappa shape index (κ3) is 5.10. The average molecular weight is 311 g/mol. The molecule has 4 nitrogen and oxygen atoms in total. The van der Waals surface area contributed by atoms with Gasteiger partial charge in [0.15, 0.2) is 0 Å². The van der Waals surface area contributed by atoms with Crippen LogP contribution >= 0.6 is 0 Å². The lowest BCUT2D eigenvalue weighted by Gasteiger charge is -2.10. The van der Waals surface area contributed by atoms with Crippen LogP contribution in [0.3, 0.4) is 0 Å². The van der Waals surface area contributed by atoms with Gasteiger partial charge in [-0.15, -0.1) is 0 Å². The van der Waals surface area contributed by atoms with Gasteiger partial charge in [-0.2, -0.15) is 13.2 Å². The molecular weight excluding hydrogens is 295 g/mol. The molecule has 8 heteroatoms. The molecule has 0 aliphatic heterocycles. The normalized spacial score (nSPS) is 12.6. The topological polar surface area (TPSA) is 66.4 Å². The van der Waals surface area contributed by atoms with Crippen LogP contribution in [0.4, 0.5) is 13.2 Å². The second-order valence-electron chi connectivity index (χ2n) is 4.21. The van der Waals surface area contributed by atoms with E-state index in [-0.39, 0.29) is 13.2 Å². The largest absolute Gasteiger partial charge is 0.416 e. The first-order valence-corrected chi connectivity index (χ1v) is 7.53. The van der Waals surface area contributed by atoms with Crippen molar-refractivity contribution in [3.8, 4) is 0 Å². The van der Waals surface area contributed by atoms with Crippen LogP contribution in [0, 0.1) is 0 Å². The molecule has 0 aliphatic carbocycles. The van der Waals surface area contributed by atoms with E-state index in [1.807, 2.05) is 0 Å². The van der Waals surface area contributed by atoms with Crippen LogP contribution in [-0.4, -0.2) is 26.7 Å². The van der Waals surface area contributed by atoms with Gasteiger partial charge in [-0.25, -0.2) is 13.1 Å². The van der Waals surface area contributed by atoms with Gasteiger partial charge in [0, 0.05) is 13.2 Å². The highest BCUT2D eigenvalue weighted by atomic mass is 32.2. The van der Waals surface area contributed by atoms with Gasteiger partial charge >= 0.3 is 6.18 Å². The van der Waals surface area contributed by atoms with Crippen LogP contribution in [0.2, 0.25) is 0 Å². The SMILES string of the molecule is O=S(=O)(NCCCCCO)c1cccc(C(F)(F)F)c1. The lowest BCUT2D eigenvalue weighted by Crippen LogP contribution is -2.25. The van der Waals surface area contributed by atoms with Gasteiger partial charge in [0.05, 0.1) is 10.5 Å². The van der Waals surface area contributed by atoms with E-state index in [1.165, 1.54) is 0 Å². The Hall–Kier alpha value is -1.12. The van der Waals surface area contributed by atoms with Crippen molar-refractivity contribution in [2.45, 2.75) is 30.3 Å². The summed E-state index contributed by atoms with van der Waals surface area (Å²) in [6, 6.07) is 3.60. The third-order valence-electron chi connectivity index (χ3n) is 2.60. The molecule has 0 radical (unpaired) electrons. The average Bonchev–Trinajstić information content (AvgIpc) is 2.37. The van der Waals surface area contributed by atoms with Crippen LogP contribution in [0.5, 0.6) is 0 Å². The Morgan fingerprint density at radius 2 is 1.85 bits per heavy atom. The molecule has 0 heterocycles. The van der Waals surface area contributed by atoms with Gasteiger partial charge in [-0.3, -0.25) is 0 Å². The van der Waals surface area contributed by atoms with Crippen LogP contribution in [0.1, 0.15) is 24.8 Å². The standard InChI is InChI=1S/C12H16F3NO3S/c13-12(14,15)10-5-4-6-11(9-10)20(18,19)16-7-2-1-3-8-17/h4-6,9,16-17H,1-3,7-8H2. The summed E-state index contributed by atoms with van der Waals surface area (Å²) in [4.78, 5) is -0.408. The van der Waals surface area contributed by atoms with Crippen molar-refractivity contribution >= 4 is 10.0 Å². The first-order chi connectivity index (χ1) is 9.27. The lowest BCUT2D eigenvalue weighted by molar-refractivity contribution is -0.137. The molecule has 0 spiro atoms. The van der Waals surface area contributed by atoms with Crippen molar-refractivity contribution < 1.29 is 26.7 Å². The molecule has 1 rings (SSSR count). The molecule has 114 valence electrons. The summed E-state index contributed by atoms with van der Waals surface area (Å²) in [5.41, 5.74) is -0.999. The molecule has 20 heavy (non-hydrogen) atoms. The molecule has 0 saturated heterocycles. The van der Waals surface area contributed by atoms with Gasteiger partial charge < -0.3 is 5.11 Å². The molecule has 0 aromatic heterocycles. The number of hydrogen-bond donors (Lipinski definition) is 2. The summed E-state index contributed by atoms with van der Waals surface area (Å²) in [6.07, 6.45) is -2.86. The highest BCUT2D eigenvalue weighted by Gasteiger charge is 2.31. The van der Waals surface area contributed by atoms with Gasteiger partial charge in [0.1, 0.15) is 0 Å². The van der Waals surface area contributed by atoms with Crippen molar-refractivity contribution in [1.82, 2.24) is 4.72 Å². The van der Waals surface area contributed by atoms with Gasteiger partial charge in [-0.05, 0) is 37.5 Å². The molecule has 0 amide bonds. The summed E-state index contributed by atoms with van der Waals surface area (Å²) >= 11 is 0. The molecule has 0 aliphatic rings. The zero-order chi connectivity index (χ0) is 15.2. The number of hydrogen-bond acceptors (Lipinski definition) is 3. The van der Waals surface area contributed by atoms with Crippen molar-refractivity contribution in [1.29, 1.82) is 0 Å². The van der Waals surface area contributed by atoms with E-state index in [0.717, 1.165) is 18.2 Å². The minimum atomic E-state index is -4.58. The first kappa shape index (κ1) is 16.9. The minimum absolute atomic E-state index is 0.0282. The zero-order valence-corrected chi connectivity index (χ0v) is 11.5. The Labute approximate surface area is 115 Å². The summed E-state index contributed by atoms with van der Waals surface area (Å²) in [6.45, 7) is 0.152. The number of aliphatic hydroxyl groups is 1. The molecule has 2 N–H and O–H groups in total. The van der Waals surface area contributed by atoms with Crippen LogP contribution in [-0.2, 0) is 16.2 Å². The van der Waals surface area contributed by atoms with E-state index < -0.39 is 26.7 Å². The Bertz CT molecular complexity index is 529. The summed E-state index contributed by atoms with van der Waals surface area (Å²) in [5.74, 6) is 0. The fourth-order valence-electron chi connectivity index (χ4n) is 1.54. The number of sulfonamides is 1. The Balaban J connectivity index is 2.73. The fourth-order valence-corrected chi connectivity index (χ4v) is 2.66. The van der Waals surface area contributed by atoms with E-state index in [1.54, 1.807) is 0 Å². The maximum atomic E-state index is 12.5. The van der Waals surface area contributed by atoms with Crippen molar-refractivity contribution in [3.05, 3.63) is 29.8 Å². The Morgan fingerprint density at radius 1 is 1.15 bits per heavy atom. The minimum Gasteiger partial charge on any atom is -0.396 e. The molecular formula is C12H16F3NO3S. The number of unbranched alkanes of at least 4 members (excludes halogenated alkanes) is 2. The second-order valence-corrected chi connectivity index (χ2v) is 5.97. The molecule has 0 atom stereocenters. The van der Waals surface area contributed by atoms with Crippen molar-refractivity contribution in [2.75, 3.05) is 13.2 Å². The number of alkyl halides is 3. The van der Waals surface area contributed by atoms with Crippen LogP contribution < -0.4 is 4.72 Å². The first-order valence-electron chi connectivity index (χ1n) is 6.05. The maximum Gasteiger partial charge on any atom is 0.416 e. The zero-order valence-electron chi connectivity index (χ0n) is 10.7. The van der Waals surface area contributed by atoms with E-state index >= 15 is 0 Å². The maximum absolute atomic E-state index is 12.5. The predicted molar refractivity (Wildman–Crippen MR) is 67.6 cm³/mol. The van der Waals surface area contributed by atoms with E-state index in [9.17, 15) is 21.6 Å². The fraction of sp³-hybridized carbons (Fsp3) is 0.500. The van der Waals surface area contributed by atoms with Gasteiger partial charge in [-0.1, -0.05) is 6.07 Å². The number of benzene rings is 1. The number of halogens is 3. The summed E-state index contributed by atoms with van der Waals surface area (Å²) < 4.78 is 63.4. The third-order valence-corrected chi connectivity index (χ3v) is 4.06. The number of nitrogens with one attached hydrogen (secondary N) is 1. The molecule has 1 aromatic rings. The molecule has 0 bridgehead atoms. The van der Waals surface area contributed by atoms with E-state index in [2.05, 4.69) is 4.72 Å². The molecule has 0 unspecified atom stereocenters. The van der Waals surface area contributed by atoms with E-state index in [0.29, 0.717) is 25.3 Å². The second kappa shape index (κ2) is 7.05. The Morgan fingerprint density at radius 3 is 2.45 bits per heavy atom. The highest BCUT2D eigenvalue weighted by Crippen LogP contribution is 2.30. The highest BCUT2D eigenvalue weighted by molar-refractivity contribution is 7.89. The molecule has 1 aromatic carbocycles. The van der Waals surface area contributed by atoms with Gasteiger partial charge in [0.2, 0.25) is 10.0 Å². The van der Waals surface area contributed by atoms with Crippen LogP contribution in [0.25, 0.3) is 0 Å². The van der Waals surface area contributed by atoms with Gasteiger partial charge in [0.25, 0.3) is 0 Å². The monoisotopic (exact) mass is 311 g/mol. The molecule has 0 fully saturated rings. The summed E-state index contributed by atoms with van der Waals surface area (Å²) in [5, 5.41) is 8.57. The quantitative estimate of drug-likeness (QED) is 0.758. The van der Waals surface area contributed by atoms with E-state index in [4.69, 9.17) is 5.11 Å². The molecule has 0 saturated carbocycles. The lowest BCUT2D eigenvalue weighted by atomic mass is 10.2. The van der Waals surface area contributed by atoms with Crippen molar-refractivity contribution in [2.24, 2.45) is 0 Å². The summed E-state index contributed by atoms with van der Waals surface area (Å²) in [7, 11) is -3.94. The Kier molecular flexibility index (Phi) is 5.97.